The molecule has 1 aromatic carbocycles. The topological polar surface area (TPSA) is 29.9 Å². The number of nitrogens with zero attached hydrogens (tertiary/aromatic N) is 2. The Kier molecular flexibility index (Phi) is 3.23. The predicted molar refractivity (Wildman–Crippen MR) is 74.1 cm³/mol. The molecule has 1 aliphatic carbocycles. The summed E-state index contributed by atoms with van der Waals surface area (Å²) in [4.78, 5) is 4.30. The molecule has 1 aromatic heterocycles. The van der Waals surface area contributed by atoms with Crippen LogP contribution in [0, 0.1) is 12.7 Å². The zero-order chi connectivity index (χ0) is 13.2. The van der Waals surface area contributed by atoms with E-state index in [0.717, 1.165) is 11.5 Å². The van der Waals surface area contributed by atoms with Gasteiger partial charge in [-0.05, 0) is 37.5 Å². The highest BCUT2D eigenvalue weighted by Crippen LogP contribution is 2.24. The highest BCUT2D eigenvalue weighted by atomic mass is 19.1. The average Bonchev–Trinajstić information content (AvgIpc) is 3.02. The first-order chi connectivity index (χ1) is 9.24. The fourth-order valence-electron chi connectivity index (χ4n) is 2.66. The van der Waals surface area contributed by atoms with Gasteiger partial charge < -0.3 is 5.32 Å². The van der Waals surface area contributed by atoms with E-state index in [1.54, 1.807) is 29.1 Å². The van der Waals surface area contributed by atoms with Crippen LogP contribution in [0.2, 0.25) is 0 Å². The third-order valence-electron chi connectivity index (χ3n) is 3.69. The van der Waals surface area contributed by atoms with E-state index in [4.69, 9.17) is 0 Å². The van der Waals surface area contributed by atoms with Gasteiger partial charge in [0.1, 0.15) is 5.82 Å². The van der Waals surface area contributed by atoms with Crippen LogP contribution in [-0.4, -0.2) is 15.6 Å². The number of nitrogens with one attached hydrogen (secondary N) is 1. The van der Waals surface area contributed by atoms with Crippen LogP contribution in [0.3, 0.4) is 0 Å². The summed E-state index contributed by atoms with van der Waals surface area (Å²) in [5.41, 5.74) is 1.47. The Morgan fingerprint density at radius 3 is 2.84 bits per heavy atom. The van der Waals surface area contributed by atoms with E-state index < -0.39 is 0 Å². The number of imidazole rings is 1. The van der Waals surface area contributed by atoms with Crippen molar-refractivity contribution in [1.82, 2.24) is 9.55 Å². The van der Waals surface area contributed by atoms with Gasteiger partial charge >= 0.3 is 0 Å². The summed E-state index contributed by atoms with van der Waals surface area (Å²) in [5, 5.41) is 3.41. The van der Waals surface area contributed by atoms with E-state index in [1.807, 2.05) is 13.0 Å². The molecule has 0 spiro atoms. The van der Waals surface area contributed by atoms with Gasteiger partial charge in [-0.15, -0.1) is 0 Å². The summed E-state index contributed by atoms with van der Waals surface area (Å²) >= 11 is 0. The highest BCUT2D eigenvalue weighted by Gasteiger charge is 2.17. The van der Waals surface area contributed by atoms with Crippen LogP contribution >= 0.6 is 0 Å². The molecule has 3 rings (SSSR count). The van der Waals surface area contributed by atoms with Gasteiger partial charge in [-0.3, -0.25) is 4.57 Å². The van der Waals surface area contributed by atoms with Gasteiger partial charge in [0, 0.05) is 18.4 Å². The summed E-state index contributed by atoms with van der Waals surface area (Å²) in [5.74, 6) is 0.516. The Morgan fingerprint density at radius 2 is 2.11 bits per heavy atom. The van der Waals surface area contributed by atoms with Crippen molar-refractivity contribution in [2.45, 2.75) is 38.6 Å². The Labute approximate surface area is 112 Å². The number of aryl methyl sites for hydroxylation is 1. The number of hydrogen-bond donors (Lipinski definition) is 1. The summed E-state index contributed by atoms with van der Waals surface area (Å²) in [6.07, 6.45) is 8.36. The minimum atomic E-state index is -0.215. The second-order valence-corrected chi connectivity index (χ2v) is 5.20. The van der Waals surface area contributed by atoms with Crippen molar-refractivity contribution in [3.05, 3.63) is 42.0 Å². The quantitative estimate of drug-likeness (QED) is 0.911. The second-order valence-electron chi connectivity index (χ2n) is 5.20. The molecule has 0 atom stereocenters. The molecule has 0 aliphatic heterocycles. The summed E-state index contributed by atoms with van der Waals surface area (Å²) in [6, 6.07) is 5.73. The zero-order valence-electron chi connectivity index (χ0n) is 11.1. The van der Waals surface area contributed by atoms with Crippen LogP contribution in [0.25, 0.3) is 5.69 Å². The van der Waals surface area contributed by atoms with Crippen LogP contribution in [-0.2, 0) is 0 Å². The Balaban J connectivity index is 1.90. The number of rotatable bonds is 3. The number of hydrogen-bond acceptors (Lipinski definition) is 2. The van der Waals surface area contributed by atoms with Crippen LogP contribution in [0.15, 0.2) is 30.6 Å². The maximum atomic E-state index is 14.0. The standard InChI is InChI=1S/C15H18FN3/c1-11-6-7-14(13(16)10-11)19-9-8-17-15(19)18-12-4-2-3-5-12/h6-10,12H,2-5H2,1H3,(H,17,18). The first kappa shape index (κ1) is 12.2. The molecular weight excluding hydrogens is 241 g/mol. The fraction of sp³-hybridized carbons (Fsp3) is 0.400. The lowest BCUT2D eigenvalue weighted by molar-refractivity contribution is 0.616. The number of anilines is 1. The molecule has 1 fully saturated rings. The molecule has 3 nitrogen and oxygen atoms in total. The third kappa shape index (κ3) is 2.48. The maximum absolute atomic E-state index is 14.0. The lowest BCUT2D eigenvalue weighted by Crippen LogP contribution is -2.18. The molecule has 4 heteroatoms. The maximum Gasteiger partial charge on any atom is 0.207 e. The molecule has 19 heavy (non-hydrogen) atoms. The SMILES string of the molecule is Cc1ccc(-n2ccnc2NC2CCCC2)c(F)c1. The first-order valence-corrected chi connectivity index (χ1v) is 6.80. The van der Waals surface area contributed by atoms with E-state index >= 15 is 0 Å². The van der Waals surface area contributed by atoms with Gasteiger partial charge in [0.2, 0.25) is 5.95 Å². The molecule has 1 N–H and O–H groups in total. The van der Waals surface area contributed by atoms with E-state index in [1.165, 1.54) is 25.7 Å². The second kappa shape index (κ2) is 5.03. The lowest BCUT2D eigenvalue weighted by atomic mass is 10.2. The molecule has 0 unspecified atom stereocenters. The predicted octanol–water partition coefficient (Wildman–Crippen LogP) is 3.67. The van der Waals surface area contributed by atoms with Gasteiger partial charge in [0.15, 0.2) is 0 Å². The average molecular weight is 259 g/mol. The van der Waals surface area contributed by atoms with Crippen molar-refractivity contribution in [2.75, 3.05) is 5.32 Å². The number of halogens is 1. The summed E-state index contributed by atoms with van der Waals surface area (Å²) in [6.45, 7) is 1.89. The minimum absolute atomic E-state index is 0.215. The molecule has 100 valence electrons. The van der Waals surface area contributed by atoms with E-state index in [2.05, 4.69) is 10.3 Å². The van der Waals surface area contributed by atoms with Crippen molar-refractivity contribution < 1.29 is 4.39 Å². The lowest BCUT2D eigenvalue weighted by Gasteiger charge is -2.15. The molecule has 1 heterocycles. The van der Waals surface area contributed by atoms with Gasteiger partial charge in [-0.2, -0.15) is 0 Å². The molecule has 1 aliphatic rings. The smallest absolute Gasteiger partial charge is 0.207 e. The van der Waals surface area contributed by atoms with Crippen molar-refractivity contribution in [3.8, 4) is 5.69 Å². The normalized spacial score (nSPS) is 15.9. The van der Waals surface area contributed by atoms with Gasteiger partial charge in [-0.25, -0.2) is 9.37 Å². The minimum Gasteiger partial charge on any atom is -0.353 e. The summed E-state index contributed by atoms with van der Waals surface area (Å²) < 4.78 is 15.8. The van der Waals surface area contributed by atoms with E-state index in [0.29, 0.717) is 11.7 Å². The third-order valence-corrected chi connectivity index (χ3v) is 3.69. The number of benzene rings is 1. The van der Waals surface area contributed by atoms with Gasteiger partial charge in [-0.1, -0.05) is 18.9 Å². The van der Waals surface area contributed by atoms with Crippen LogP contribution < -0.4 is 5.32 Å². The van der Waals surface area contributed by atoms with Crippen LogP contribution in [0.1, 0.15) is 31.2 Å². The summed E-state index contributed by atoms with van der Waals surface area (Å²) in [7, 11) is 0. The van der Waals surface area contributed by atoms with Crippen molar-refractivity contribution >= 4 is 5.95 Å². The Morgan fingerprint density at radius 1 is 1.32 bits per heavy atom. The largest absolute Gasteiger partial charge is 0.353 e. The first-order valence-electron chi connectivity index (χ1n) is 6.80. The molecule has 0 saturated heterocycles. The van der Waals surface area contributed by atoms with Gasteiger partial charge in [0.25, 0.3) is 0 Å². The van der Waals surface area contributed by atoms with Crippen LogP contribution in [0.4, 0.5) is 10.3 Å². The molecule has 0 bridgehead atoms. The van der Waals surface area contributed by atoms with Crippen molar-refractivity contribution in [1.29, 1.82) is 0 Å². The van der Waals surface area contributed by atoms with Crippen molar-refractivity contribution in [3.63, 3.8) is 0 Å². The molecule has 1 saturated carbocycles. The van der Waals surface area contributed by atoms with Gasteiger partial charge in [0.05, 0.1) is 5.69 Å². The van der Waals surface area contributed by atoms with E-state index in [9.17, 15) is 4.39 Å². The Hall–Kier alpha value is -1.84. The molecule has 2 aromatic rings. The molecule has 0 radical (unpaired) electrons. The monoisotopic (exact) mass is 259 g/mol. The molecular formula is C15H18FN3. The Bertz CT molecular complexity index is 571. The zero-order valence-corrected chi connectivity index (χ0v) is 11.1. The van der Waals surface area contributed by atoms with Crippen LogP contribution in [0.5, 0.6) is 0 Å². The fourth-order valence-corrected chi connectivity index (χ4v) is 2.66. The van der Waals surface area contributed by atoms with Crippen molar-refractivity contribution in [2.24, 2.45) is 0 Å². The highest BCUT2D eigenvalue weighted by molar-refractivity contribution is 5.44. The number of aromatic nitrogens is 2. The molecule has 0 amide bonds. The van der Waals surface area contributed by atoms with E-state index in [-0.39, 0.29) is 5.82 Å².